The number of piperazine rings is 1. The van der Waals surface area contributed by atoms with Gasteiger partial charge in [-0.3, -0.25) is 9.59 Å². The van der Waals surface area contributed by atoms with Crippen LogP contribution in [0.25, 0.3) is 0 Å². The molecule has 0 saturated carbocycles. The number of benzene rings is 2. The van der Waals surface area contributed by atoms with E-state index in [9.17, 15) is 9.59 Å². The van der Waals surface area contributed by atoms with E-state index in [0.717, 1.165) is 12.8 Å². The molecule has 0 unspecified atom stereocenters. The van der Waals surface area contributed by atoms with Crippen molar-refractivity contribution in [1.82, 2.24) is 9.80 Å². The normalized spacial score (nSPS) is 13.9. The van der Waals surface area contributed by atoms with Crippen LogP contribution in [0.5, 0.6) is 11.5 Å². The van der Waals surface area contributed by atoms with Crippen molar-refractivity contribution < 1.29 is 19.1 Å². The van der Waals surface area contributed by atoms with Crippen molar-refractivity contribution in [2.45, 2.75) is 33.6 Å². The molecule has 6 nitrogen and oxygen atoms in total. The van der Waals surface area contributed by atoms with Gasteiger partial charge in [-0.05, 0) is 54.7 Å². The van der Waals surface area contributed by atoms with Gasteiger partial charge in [0.15, 0.2) is 11.5 Å². The van der Waals surface area contributed by atoms with Crippen LogP contribution in [0.2, 0.25) is 0 Å². The molecule has 0 aliphatic carbocycles. The summed E-state index contributed by atoms with van der Waals surface area (Å²) in [7, 11) is 1.58. The van der Waals surface area contributed by atoms with Crippen molar-refractivity contribution in [1.29, 1.82) is 0 Å². The quantitative estimate of drug-likeness (QED) is 0.617. The zero-order valence-electron chi connectivity index (χ0n) is 19.6. The fraction of sp³-hybridized carbons (Fsp3) is 0.462. The first-order valence-corrected chi connectivity index (χ1v) is 11.4. The summed E-state index contributed by atoms with van der Waals surface area (Å²) in [6, 6.07) is 13.1. The first-order chi connectivity index (χ1) is 15.4. The number of hydrogen-bond donors (Lipinski definition) is 0. The Morgan fingerprint density at radius 2 is 1.44 bits per heavy atom. The number of hydrogen-bond acceptors (Lipinski definition) is 4. The molecule has 3 rings (SSSR count). The Morgan fingerprint density at radius 3 is 1.97 bits per heavy atom. The summed E-state index contributed by atoms with van der Waals surface area (Å²) in [4.78, 5) is 29.4. The summed E-state index contributed by atoms with van der Waals surface area (Å²) >= 11 is 0. The number of carbonyl (C=O) groups excluding carboxylic acids is 2. The molecule has 6 heteroatoms. The fourth-order valence-electron chi connectivity index (χ4n) is 3.69. The maximum Gasteiger partial charge on any atom is 0.254 e. The lowest BCUT2D eigenvalue weighted by molar-refractivity contribution is 0.0535. The number of nitrogens with zero attached hydrogens (tertiary/aromatic N) is 2. The van der Waals surface area contributed by atoms with Gasteiger partial charge in [0.05, 0.1) is 13.7 Å². The third-order valence-corrected chi connectivity index (χ3v) is 5.83. The number of carbonyl (C=O) groups is 2. The Morgan fingerprint density at radius 1 is 0.875 bits per heavy atom. The van der Waals surface area contributed by atoms with Gasteiger partial charge in [0.25, 0.3) is 11.8 Å². The Balaban J connectivity index is 1.59. The highest BCUT2D eigenvalue weighted by atomic mass is 16.5. The molecule has 0 bridgehead atoms. The molecule has 1 aliphatic heterocycles. The summed E-state index contributed by atoms with van der Waals surface area (Å²) in [5.41, 5.74) is 2.47. The molecule has 1 aliphatic rings. The third kappa shape index (κ3) is 5.81. The standard InChI is InChI=1S/C26H34N2O4/c1-5-20-6-8-21(9-7-20)25(29)27-13-15-28(16-14-27)26(30)22-10-11-23(24(18-22)31-4)32-17-12-19(2)3/h6-11,18-19H,5,12-17H2,1-4H3. The summed E-state index contributed by atoms with van der Waals surface area (Å²) in [5.74, 6) is 1.72. The van der Waals surface area contributed by atoms with Crippen molar-refractivity contribution in [3.05, 3.63) is 59.2 Å². The molecule has 2 aromatic carbocycles. The molecule has 1 fully saturated rings. The second-order valence-electron chi connectivity index (χ2n) is 8.53. The lowest BCUT2D eigenvalue weighted by Crippen LogP contribution is -2.50. The number of aryl methyl sites for hydroxylation is 1. The van der Waals surface area contributed by atoms with Crippen LogP contribution < -0.4 is 9.47 Å². The SMILES string of the molecule is CCc1ccc(C(=O)N2CCN(C(=O)c3ccc(OCCC(C)C)c(OC)c3)CC2)cc1. The average molecular weight is 439 g/mol. The van der Waals surface area contributed by atoms with Crippen molar-refractivity contribution >= 4 is 11.8 Å². The molecule has 0 N–H and O–H groups in total. The summed E-state index contributed by atoms with van der Waals surface area (Å²) in [5, 5.41) is 0. The lowest BCUT2D eigenvalue weighted by Gasteiger charge is -2.35. The molecule has 0 atom stereocenters. The first kappa shape index (κ1) is 23.6. The van der Waals surface area contributed by atoms with Gasteiger partial charge in [-0.1, -0.05) is 32.9 Å². The minimum atomic E-state index is -0.0589. The fourth-order valence-corrected chi connectivity index (χ4v) is 3.69. The van der Waals surface area contributed by atoms with Gasteiger partial charge in [-0.15, -0.1) is 0 Å². The minimum Gasteiger partial charge on any atom is -0.493 e. The zero-order chi connectivity index (χ0) is 23.1. The van der Waals surface area contributed by atoms with E-state index in [1.54, 1.807) is 30.2 Å². The zero-order valence-corrected chi connectivity index (χ0v) is 19.6. The van der Waals surface area contributed by atoms with E-state index >= 15 is 0 Å². The maximum atomic E-state index is 13.0. The van der Waals surface area contributed by atoms with Crippen LogP contribution in [0, 0.1) is 5.92 Å². The van der Waals surface area contributed by atoms with E-state index in [2.05, 4.69) is 20.8 Å². The molecule has 2 aromatic rings. The second kappa shape index (κ2) is 11.0. The predicted octanol–water partition coefficient (Wildman–Crippen LogP) is 4.28. The van der Waals surface area contributed by atoms with Gasteiger partial charge in [0.1, 0.15) is 0 Å². The largest absolute Gasteiger partial charge is 0.493 e. The predicted molar refractivity (Wildman–Crippen MR) is 126 cm³/mol. The monoisotopic (exact) mass is 438 g/mol. The molecule has 32 heavy (non-hydrogen) atoms. The summed E-state index contributed by atoms with van der Waals surface area (Å²) in [6.07, 6.45) is 1.90. The van der Waals surface area contributed by atoms with Crippen molar-refractivity contribution in [2.75, 3.05) is 39.9 Å². The van der Waals surface area contributed by atoms with Crippen LogP contribution in [-0.2, 0) is 6.42 Å². The van der Waals surface area contributed by atoms with E-state index in [-0.39, 0.29) is 11.8 Å². The van der Waals surface area contributed by atoms with E-state index < -0.39 is 0 Å². The van der Waals surface area contributed by atoms with Gasteiger partial charge in [-0.25, -0.2) is 0 Å². The highest BCUT2D eigenvalue weighted by Crippen LogP contribution is 2.29. The van der Waals surface area contributed by atoms with Crippen LogP contribution in [0.3, 0.4) is 0 Å². The van der Waals surface area contributed by atoms with E-state index in [4.69, 9.17) is 9.47 Å². The second-order valence-corrected chi connectivity index (χ2v) is 8.53. The molecule has 0 spiro atoms. The topological polar surface area (TPSA) is 59.1 Å². The van der Waals surface area contributed by atoms with Gasteiger partial charge < -0.3 is 19.3 Å². The van der Waals surface area contributed by atoms with E-state index in [0.29, 0.717) is 61.3 Å². The molecular weight excluding hydrogens is 404 g/mol. The molecule has 172 valence electrons. The van der Waals surface area contributed by atoms with Gasteiger partial charge in [0, 0.05) is 37.3 Å². The number of rotatable bonds is 8. The molecular formula is C26H34N2O4. The minimum absolute atomic E-state index is 0.0179. The highest BCUT2D eigenvalue weighted by Gasteiger charge is 2.26. The maximum absolute atomic E-state index is 13.0. The molecule has 1 heterocycles. The highest BCUT2D eigenvalue weighted by molar-refractivity contribution is 5.96. The van der Waals surface area contributed by atoms with Crippen LogP contribution in [-0.4, -0.2) is 61.5 Å². The van der Waals surface area contributed by atoms with E-state index in [1.807, 2.05) is 29.2 Å². The smallest absolute Gasteiger partial charge is 0.254 e. The summed E-state index contributed by atoms with van der Waals surface area (Å²) in [6.45, 7) is 9.06. The Kier molecular flexibility index (Phi) is 8.14. The number of amides is 2. The van der Waals surface area contributed by atoms with Crippen molar-refractivity contribution in [2.24, 2.45) is 5.92 Å². The lowest BCUT2D eigenvalue weighted by atomic mass is 10.1. The Hall–Kier alpha value is -3.02. The average Bonchev–Trinajstić information content (AvgIpc) is 2.83. The van der Waals surface area contributed by atoms with Crippen LogP contribution in [0.1, 0.15) is 53.5 Å². The van der Waals surface area contributed by atoms with Crippen LogP contribution in [0.15, 0.2) is 42.5 Å². The summed E-state index contributed by atoms with van der Waals surface area (Å²) < 4.78 is 11.3. The Bertz CT molecular complexity index is 916. The van der Waals surface area contributed by atoms with Crippen LogP contribution in [0.4, 0.5) is 0 Å². The van der Waals surface area contributed by atoms with E-state index in [1.165, 1.54) is 5.56 Å². The Labute approximate surface area is 191 Å². The van der Waals surface area contributed by atoms with Gasteiger partial charge >= 0.3 is 0 Å². The number of methoxy groups -OCH3 is 1. The van der Waals surface area contributed by atoms with Gasteiger partial charge in [0.2, 0.25) is 0 Å². The third-order valence-electron chi connectivity index (χ3n) is 5.83. The van der Waals surface area contributed by atoms with Crippen molar-refractivity contribution in [3.8, 4) is 11.5 Å². The molecule has 1 saturated heterocycles. The van der Waals surface area contributed by atoms with Crippen LogP contribution >= 0.6 is 0 Å². The number of ether oxygens (including phenoxy) is 2. The molecule has 0 aromatic heterocycles. The molecule has 2 amide bonds. The molecule has 0 radical (unpaired) electrons. The van der Waals surface area contributed by atoms with Gasteiger partial charge in [-0.2, -0.15) is 0 Å². The first-order valence-electron chi connectivity index (χ1n) is 11.4. The van der Waals surface area contributed by atoms with Crippen molar-refractivity contribution in [3.63, 3.8) is 0 Å².